The zero-order valence-corrected chi connectivity index (χ0v) is 21.0. The topological polar surface area (TPSA) is 56.1 Å². The van der Waals surface area contributed by atoms with Crippen LogP contribution < -0.4 is 4.90 Å². The van der Waals surface area contributed by atoms with E-state index in [1.54, 1.807) is 0 Å². The fourth-order valence-electron chi connectivity index (χ4n) is 4.62. The summed E-state index contributed by atoms with van der Waals surface area (Å²) in [5, 5.41) is 11.2. The molecule has 6 heteroatoms. The molecule has 6 nitrogen and oxygen atoms in total. The first kappa shape index (κ1) is 25.2. The molecule has 0 radical (unpaired) electrons. The van der Waals surface area contributed by atoms with Crippen LogP contribution >= 0.6 is 0 Å². The van der Waals surface area contributed by atoms with Crippen molar-refractivity contribution in [1.82, 2.24) is 4.57 Å². The summed E-state index contributed by atoms with van der Waals surface area (Å²) in [5.41, 5.74) is 5.21. The zero-order chi connectivity index (χ0) is 25.3. The summed E-state index contributed by atoms with van der Waals surface area (Å²) >= 11 is 0. The number of aliphatic hydroxyl groups is 1. The van der Waals surface area contributed by atoms with Crippen molar-refractivity contribution in [2.45, 2.75) is 25.4 Å². The summed E-state index contributed by atoms with van der Waals surface area (Å²) in [6, 6.07) is 32.5. The van der Waals surface area contributed by atoms with Crippen LogP contribution in [0, 0.1) is 0 Å². The Morgan fingerprint density at radius 1 is 0.730 bits per heavy atom. The minimum absolute atomic E-state index is 0.162. The van der Waals surface area contributed by atoms with E-state index in [4.69, 9.17) is 14.2 Å². The number of aromatic nitrogens is 1. The molecule has 0 aliphatic carbocycles. The van der Waals surface area contributed by atoms with E-state index >= 15 is 0 Å². The van der Waals surface area contributed by atoms with E-state index in [1.807, 2.05) is 79.0 Å². The maximum atomic E-state index is 11.2. The lowest BCUT2D eigenvalue weighted by atomic mass is 10.1. The molecule has 0 amide bonds. The van der Waals surface area contributed by atoms with E-state index in [9.17, 15) is 5.11 Å². The molecule has 192 valence electrons. The third-order valence-corrected chi connectivity index (χ3v) is 6.60. The summed E-state index contributed by atoms with van der Waals surface area (Å²) in [7, 11) is 0. The van der Waals surface area contributed by atoms with E-state index in [-0.39, 0.29) is 6.61 Å². The normalized spacial score (nSPS) is 15.4. The van der Waals surface area contributed by atoms with Crippen molar-refractivity contribution < 1.29 is 19.3 Å². The van der Waals surface area contributed by atoms with E-state index < -0.39 is 12.2 Å². The Labute approximate surface area is 218 Å². The fraction of sp³-hybridized carbons (Fsp3) is 0.290. The Balaban J connectivity index is 1.33. The second-order valence-corrected chi connectivity index (χ2v) is 9.20. The summed E-state index contributed by atoms with van der Waals surface area (Å²) in [5.74, 6) is 0. The van der Waals surface area contributed by atoms with Crippen LogP contribution in [0.5, 0.6) is 0 Å². The van der Waals surface area contributed by atoms with Gasteiger partial charge < -0.3 is 28.8 Å². The molecule has 2 heterocycles. The van der Waals surface area contributed by atoms with Gasteiger partial charge in [-0.05, 0) is 47.5 Å². The Morgan fingerprint density at radius 3 is 2.03 bits per heavy atom. The summed E-state index contributed by atoms with van der Waals surface area (Å²) in [6.07, 6.45) is 0.605. The van der Waals surface area contributed by atoms with Crippen molar-refractivity contribution in [1.29, 1.82) is 0 Å². The third-order valence-electron chi connectivity index (χ3n) is 6.60. The standard InChI is InChI=1S/C31H34N2O4/c34-30(24-36-22-25-8-3-1-4-9-25)31(37-23-26-10-5-2-6-11-26)29-12-7-17-33(29)28-15-13-27(14-16-28)32-18-20-35-21-19-32/h1-17,30-31,34H,18-24H2/t30-,31+/m1/s1. The smallest absolute Gasteiger partial charge is 0.126 e. The number of hydrogen-bond donors (Lipinski definition) is 1. The molecule has 0 saturated carbocycles. The lowest BCUT2D eigenvalue weighted by molar-refractivity contribution is -0.0852. The first-order valence-corrected chi connectivity index (χ1v) is 12.8. The molecule has 5 rings (SSSR count). The van der Waals surface area contributed by atoms with Gasteiger partial charge in [0, 0.05) is 30.7 Å². The molecule has 0 bridgehead atoms. The van der Waals surface area contributed by atoms with Crippen molar-refractivity contribution in [3.63, 3.8) is 0 Å². The van der Waals surface area contributed by atoms with Crippen LogP contribution in [0.3, 0.4) is 0 Å². The predicted molar refractivity (Wildman–Crippen MR) is 145 cm³/mol. The van der Waals surface area contributed by atoms with Crippen molar-refractivity contribution >= 4 is 5.69 Å². The van der Waals surface area contributed by atoms with E-state index in [0.29, 0.717) is 13.2 Å². The van der Waals surface area contributed by atoms with Gasteiger partial charge in [-0.3, -0.25) is 0 Å². The molecule has 1 saturated heterocycles. The number of rotatable bonds is 11. The van der Waals surface area contributed by atoms with Crippen LogP contribution in [0.25, 0.3) is 5.69 Å². The quantitative estimate of drug-likeness (QED) is 0.310. The number of aliphatic hydroxyl groups excluding tert-OH is 1. The van der Waals surface area contributed by atoms with Crippen LogP contribution in [-0.2, 0) is 27.4 Å². The molecule has 3 aromatic carbocycles. The summed E-state index contributed by atoms with van der Waals surface area (Å²) < 4.78 is 19.8. The molecular formula is C31H34N2O4. The highest BCUT2D eigenvalue weighted by atomic mass is 16.5. The van der Waals surface area contributed by atoms with Gasteiger partial charge in [-0.1, -0.05) is 60.7 Å². The predicted octanol–water partition coefficient (Wildman–Crippen LogP) is 5.15. The molecule has 1 N–H and O–H groups in total. The second-order valence-electron chi connectivity index (χ2n) is 9.20. The number of benzene rings is 3. The summed E-state index contributed by atoms with van der Waals surface area (Å²) in [4.78, 5) is 2.34. The average molecular weight is 499 g/mol. The number of ether oxygens (including phenoxy) is 3. The molecule has 2 atom stereocenters. The monoisotopic (exact) mass is 498 g/mol. The van der Waals surface area contributed by atoms with Crippen LogP contribution in [0.15, 0.2) is 103 Å². The molecule has 1 aromatic heterocycles. The Hall–Kier alpha value is -3.42. The number of nitrogens with zero attached hydrogens (tertiary/aromatic N) is 2. The zero-order valence-electron chi connectivity index (χ0n) is 21.0. The SMILES string of the molecule is O[C@H](COCc1ccccc1)[C@@H](OCc1ccccc1)c1cccn1-c1ccc(N2CCOCC2)cc1. The van der Waals surface area contributed by atoms with Crippen molar-refractivity contribution in [3.8, 4) is 5.69 Å². The van der Waals surface area contributed by atoms with Crippen molar-refractivity contribution in [2.75, 3.05) is 37.8 Å². The van der Waals surface area contributed by atoms with Gasteiger partial charge in [0.2, 0.25) is 0 Å². The van der Waals surface area contributed by atoms with Crippen molar-refractivity contribution in [2.24, 2.45) is 0 Å². The fourth-order valence-corrected chi connectivity index (χ4v) is 4.62. The van der Waals surface area contributed by atoms with Crippen LogP contribution in [0.1, 0.15) is 22.9 Å². The lowest BCUT2D eigenvalue weighted by Gasteiger charge is -2.29. The first-order valence-electron chi connectivity index (χ1n) is 12.8. The first-order chi connectivity index (χ1) is 18.3. The van der Waals surface area contributed by atoms with E-state index in [2.05, 4.69) is 33.7 Å². The van der Waals surface area contributed by atoms with Crippen molar-refractivity contribution in [3.05, 3.63) is 120 Å². The molecule has 1 fully saturated rings. The Bertz CT molecular complexity index is 1200. The average Bonchev–Trinajstić information content (AvgIpc) is 3.44. The van der Waals surface area contributed by atoms with Gasteiger partial charge in [-0.2, -0.15) is 0 Å². The van der Waals surface area contributed by atoms with Crippen LogP contribution in [0.4, 0.5) is 5.69 Å². The highest BCUT2D eigenvalue weighted by Crippen LogP contribution is 2.28. The molecule has 0 spiro atoms. The van der Waals surface area contributed by atoms with Crippen LogP contribution in [-0.4, -0.2) is 48.7 Å². The van der Waals surface area contributed by atoms with Gasteiger partial charge in [-0.25, -0.2) is 0 Å². The summed E-state index contributed by atoms with van der Waals surface area (Å²) in [6.45, 7) is 4.31. The van der Waals surface area contributed by atoms with E-state index in [0.717, 1.165) is 48.8 Å². The van der Waals surface area contributed by atoms with Gasteiger partial charge in [0.1, 0.15) is 12.2 Å². The van der Waals surface area contributed by atoms with Gasteiger partial charge in [0.05, 0.1) is 38.7 Å². The van der Waals surface area contributed by atoms with Gasteiger partial charge in [0.15, 0.2) is 0 Å². The lowest BCUT2D eigenvalue weighted by Crippen LogP contribution is -2.36. The van der Waals surface area contributed by atoms with Gasteiger partial charge >= 0.3 is 0 Å². The molecule has 37 heavy (non-hydrogen) atoms. The van der Waals surface area contributed by atoms with E-state index in [1.165, 1.54) is 5.69 Å². The maximum Gasteiger partial charge on any atom is 0.126 e. The molecule has 1 aliphatic heterocycles. The number of anilines is 1. The Morgan fingerprint density at radius 2 is 1.35 bits per heavy atom. The maximum absolute atomic E-state index is 11.2. The minimum Gasteiger partial charge on any atom is -0.388 e. The third kappa shape index (κ3) is 6.67. The van der Waals surface area contributed by atoms with Gasteiger partial charge in [-0.15, -0.1) is 0 Å². The second kappa shape index (κ2) is 12.7. The molecular weight excluding hydrogens is 464 g/mol. The highest BCUT2D eigenvalue weighted by Gasteiger charge is 2.26. The molecule has 1 aliphatic rings. The van der Waals surface area contributed by atoms with Crippen LogP contribution in [0.2, 0.25) is 0 Å². The highest BCUT2D eigenvalue weighted by molar-refractivity contribution is 5.52. The Kier molecular flexibility index (Phi) is 8.66. The number of morpholine rings is 1. The largest absolute Gasteiger partial charge is 0.388 e. The molecule has 4 aromatic rings. The minimum atomic E-state index is -0.839. The number of hydrogen-bond acceptors (Lipinski definition) is 5. The van der Waals surface area contributed by atoms with Gasteiger partial charge in [0.25, 0.3) is 0 Å². The molecule has 0 unspecified atom stereocenters.